The molecule has 2 N–H and O–H groups in total. The molecule has 122 valence electrons. The molecule has 2 atom stereocenters. The van der Waals surface area contributed by atoms with E-state index >= 15 is 0 Å². The van der Waals surface area contributed by atoms with Gasteiger partial charge >= 0.3 is 0 Å². The fourth-order valence-electron chi connectivity index (χ4n) is 2.55. The fourth-order valence-corrected chi connectivity index (χ4v) is 3.27. The van der Waals surface area contributed by atoms with E-state index in [9.17, 15) is 4.79 Å². The van der Waals surface area contributed by atoms with Crippen LogP contribution in [0.25, 0.3) is 0 Å². The van der Waals surface area contributed by atoms with E-state index in [0.717, 1.165) is 23.8 Å². The van der Waals surface area contributed by atoms with Crippen LogP contribution in [0.2, 0.25) is 0 Å². The van der Waals surface area contributed by atoms with Crippen molar-refractivity contribution in [3.05, 3.63) is 16.1 Å². The summed E-state index contributed by atoms with van der Waals surface area (Å²) in [6.07, 6.45) is 3.10. The van der Waals surface area contributed by atoms with Gasteiger partial charge in [0, 0.05) is 17.5 Å². The largest absolute Gasteiger partial charge is 0.350 e. The summed E-state index contributed by atoms with van der Waals surface area (Å²) in [6.45, 7) is 6.90. The number of piperidine rings is 1. The third-order valence-electron chi connectivity index (χ3n) is 3.75. The van der Waals surface area contributed by atoms with E-state index < -0.39 is 0 Å². The van der Waals surface area contributed by atoms with E-state index in [4.69, 9.17) is 0 Å². The molecule has 1 aliphatic rings. The standard InChI is InChI=1S/C14H23N3OS.2ClH/c1-10(12-4-3-5-15-7-12)6-13(18)16-8-14-17-11(2)9-19-14;;/h9-10,12,15H,3-8H2,1-2H3,(H,16,18);2*1H. The number of nitrogens with one attached hydrogen (secondary N) is 2. The molecule has 4 nitrogen and oxygen atoms in total. The average Bonchev–Trinajstić information content (AvgIpc) is 2.83. The van der Waals surface area contributed by atoms with Crippen LogP contribution in [0.4, 0.5) is 0 Å². The summed E-state index contributed by atoms with van der Waals surface area (Å²) in [5.41, 5.74) is 1.02. The summed E-state index contributed by atoms with van der Waals surface area (Å²) in [4.78, 5) is 16.3. The third-order valence-corrected chi connectivity index (χ3v) is 4.72. The number of carbonyl (C=O) groups excluding carboxylic acids is 1. The second-order valence-electron chi connectivity index (χ2n) is 5.45. The summed E-state index contributed by atoms with van der Waals surface area (Å²) >= 11 is 1.60. The molecule has 0 aromatic carbocycles. The summed E-state index contributed by atoms with van der Waals surface area (Å²) in [7, 11) is 0. The van der Waals surface area contributed by atoms with E-state index in [1.165, 1.54) is 12.8 Å². The zero-order valence-corrected chi connectivity index (χ0v) is 15.0. The number of nitrogens with zero attached hydrogens (tertiary/aromatic N) is 1. The Morgan fingerprint density at radius 3 is 2.90 bits per heavy atom. The first-order valence-electron chi connectivity index (χ1n) is 7.03. The molecular weight excluding hydrogens is 329 g/mol. The monoisotopic (exact) mass is 353 g/mol. The van der Waals surface area contributed by atoms with Crippen LogP contribution in [0.15, 0.2) is 5.38 Å². The van der Waals surface area contributed by atoms with Crippen LogP contribution >= 0.6 is 36.2 Å². The molecule has 1 amide bonds. The quantitative estimate of drug-likeness (QED) is 0.855. The molecular formula is C14H25Cl2N3OS. The number of hydrogen-bond acceptors (Lipinski definition) is 4. The Kier molecular flexibility index (Phi) is 10.2. The third kappa shape index (κ3) is 6.96. The van der Waals surface area contributed by atoms with Crippen molar-refractivity contribution in [2.75, 3.05) is 13.1 Å². The zero-order chi connectivity index (χ0) is 13.7. The van der Waals surface area contributed by atoms with E-state index in [1.54, 1.807) is 11.3 Å². The second kappa shape index (κ2) is 10.4. The van der Waals surface area contributed by atoms with Crippen molar-refractivity contribution in [2.45, 2.75) is 39.7 Å². The van der Waals surface area contributed by atoms with Crippen LogP contribution in [-0.4, -0.2) is 24.0 Å². The number of thiazole rings is 1. The minimum atomic E-state index is 0. The maximum absolute atomic E-state index is 11.9. The SMILES string of the molecule is Cc1csc(CNC(=O)CC(C)C2CCCNC2)n1.Cl.Cl. The van der Waals surface area contributed by atoms with Crippen molar-refractivity contribution >= 4 is 42.1 Å². The topological polar surface area (TPSA) is 54.0 Å². The van der Waals surface area contributed by atoms with Gasteiger partial charge in [0.05, 0.1) is 6.54 Å². The smallest absolute Gasteiger partial charge is 0.220 e. The van der Waals surface area contributed by atoms with Crippen molar-refractivity contribution < 1.29 is 4.79 Å². The Labute approximate surface area is 143 Å². The number of rotatable bonds is 5. The van der Waals surface area contributed by atoms with Gasteiger partial charge in [-0.2, -0.15) is 0 Å². The van der Waals surface area contributed by atoms with Crippen molar-refractivity contribution in [3.63, 3.8) is 0 Å². The average molecular weight is 354 g/mol. The number of amides is 1. The van der Waals surface area contributed by atoms with E-state index in [2.05, 4.69) is 22.5 Å². The molecule has 1 fully saturated rings. The van der Waals surface area contributed by atoms with Crippen LogP contribution in [-0.2, 0) is 11.3 Å². The first-order valence-corrected chi connectivity index (χ1v) is 7.91. The van der Waals surface area contributed by atoms with Crippen LogP contribution in [0, 0.1) is 18.8 Å². The highest BCUT2D eigenvalue weighted by molar-refractivity contribution is 7.09. The lowest BCUT2D eigenvalue weighted by Crippen LogP contribution is -2.35. The Morgan fingerprint density at radius 2 is 2.33 bits per heavy atom. The second-order valence-corrected chi connectivity index (χ2v) is 6.39. The fraction of sp³-hybridized carbons (Fsp3) is 0.714. The van der Waals surface area contributed by atoms with E-state index in [1.807, 2.05) is 12.3 Å². The Bertz CT molecular complexity index is 422. The van der Waals surface area contributed by atoms with Gasteiger partial charge in [-0.25, -0.2) is 4.98 Å². The van der Waals surface area contributed by atoms with Crippen molar-refractivity contribution in [2.24, 2.45) is 11.8 Å². The molecule has 7 heteroatoms. The Hall–Kier alpha value is -0.360. The van der Waals surface area contributed by atoms with Crippen LogP contribution < -0.4 is 10.6 Å². The molecule has 1 aromatic rings. The van der Waals surface area contributed by atoms with E-state index in [-0.39, 0.29) is 30.7 Å². The summed E-state index contributed by atoms with van der Waals surface area (Å²) in [6, 6.07) is 0. The molecule has 2 rings (SSSR count). The normalized spacial score (nSPS) is 19.0. The van der Waals surface area contributed by atoms with Crippen molar-refractivity contribution in [1.82, 2.24) is 15.6 Å². The van der Waals surface area contributed by atoms with Gasteiger partial charge in [0.1, 0.15) is 5.01 Å². The molecule has 1 saturated heterocycles. The lowest BCUT2D eigenvalue weighted by Gasteiger charge is -2.27. The highest BCUT2D eigenvalue weighted by Crippen LogP contribution is 2.22. The summed E-state index contributed by atoms with van der Waals surface area (Å²) < 4.78 is 0. The van der Waals surface area contributed by atoms with Gasteiger partial charge < -0.3 is 10.6 Å². The highest BCUT2D eigenvalue weighted by atomic mass is 35.5. The number of aromatic nitrogens is 1. The van der Waals surface area contributed by atoms with Crippen LogP contribution in [0.3, 0.4) is 0 Å². The Morgan fingerprint density at radius 1 is 1.57 bits per heavy atom. The van der Waals surface area contributed by atoms with Gasteiger partial charge in [0.2, 0.25) is 5.91 Å². The molecule has 2 unspecified atom stereocenters. The minimum Gasteiger partial charge on any atom is -0.350 e. The van der Waals surface area contributed by atoms with Crippen molar-refractivity contribution in [1.29, 1.82) is 0 Å². The van der Waals surface area contributed by atoms with Gasteiger partial charge in [-0.05, 0) is 44.7 Å². The maximum atomic E-state index is 11.9. The first-order chi connectivity index (χ1) is 9.15. The van der Waals surface area contributed by atoms with Crippen LogP contribution in [0.5, 0.6) is 0 Å². The number of carbonyl (C=O) groups is 1. The van der Waals surface area contributed by atoms with Gasteiger partial charge in [-0.15, -0.1) is 36.2 Å². The molecule has 0 saturated carbocycles. The molecule has 2 heterocycles. The molecule has 0 radical (unpaired) electrons. The van der Waals surface area contributed by atoms with Gasteiger partial charge in [-0.1, -0.05) is 6.92 Å². The van der Waals surface area contributed by atoms with Gasteiger partial charge in [0.15, 0.2) is 0 Å². The molecule has 0 bridgehead atoms. The van der Waals surface area contributed by atoms with Crippen LogP contribution in [0.1, 0.15) is 36.9 Å². The first kappa shape index (κ1) is 20.6. The maximum Gasteiger partial charge on any atom is 0.220 e. The molecule has 0 spiro atoms. The van der Waals surface area contributed by atoms with Gasteiger partial charge in [-0.3, -0.25) is 4.79 Å². The molecule has 0 aliphatic carbocycles. The van der Waals surface area contributed by atoms with Gasteiger partial charge in [0.25, 0.3) is 0 Å². The Balaban J connectivity index is 0.00000200. The predicted octanol–water partition coefficient (Wildman–Crippen LogP) is 2.94. The molecule has 21 heavy (non-hydrogen) atoms. The lowest BCUT2D eigenvalue weighted by molar-refractivity contribution is -0.122. The lowest BCUT2D eigenvalue weighted by atomic mass is 9.85. The minimum absolute atomic E-state index is 0. The van der Waals surface area contributed by atoms with Crippen molar-refractivity contribution in [3.8, 4) is 0 Å². The number of halogens is 2. The summed E-state index contributed by atoms with van der Waals surface area (Å²) in [5, 5.41) is 9.38. The zero-order valence-electron chi connectivity index (χ0n) is 12.6. The number of hydrogen-bond donors (Lipinski definition) is 2. The summed E-state index contributed by atoms with van der Waals surface area (Å²) in [5.74, 6) is 1.23. The van der Waals surface area contributed by atoms with E-state index in [0.29, 0.717) is 24.8 Å². The molecule has 1 aromatic heterocycles. The number of aryl methyl sites for hydroxylation is 1. The highest BCUT2D eigenvalue weighted by Gasteiger charge is 2.21. The predicted molar refractivity (Wildman–Crippen MR) is 92.6 cm³/mol. The molecule has 1 aliphatic heterocycles.